The van der Waals surface area contributed by atoms with Gasteiger partial charge in [-0.05, 0) is 70.2 Å². The highest BCUT2D eigenvalue weighted by Crippen LogP contribution is 2.33. The van der Waals surface area contributed by atoms with Gasteiger partial charge in [0.2, 0.25) is 5.91 Å². The Hall–Kier alpha value is -1.80. The normalized spacial score (nSPS) is 25.3. The van der Waals surface area contributed by atoms with Crippen LogP contribution in [0.15, 0.2) is 24.3 Å². The number of hydrogen-bond acceptors (Lipinski definition) is 4. The first-order valence-corrected chi connectivity index (χ1v) is 13.9. The molecule has 8 heteroatoms. The molecule has 3 heterocycles. The third kappa shape index (κ3) is 6.94. The maximum atomic E-state index is 13.2. The molecule has 0 N–H and O–H groups in total. The van der Waals surface area contributed by atoms with Crippen molar-refractivity contribution in [1.29, 1.82) is 0 Å². The van der Waals surface area contributed by atoms with Crippen molar-refractivity contribution < 1.29 is 18.0 Å². The fourth-order valence-corrected chi connectivity index (χ4v) is 6.26. The van der Waals surface area contributed by atoms with Gasteiger partial charge in [0.1, 0.15) is 0 Å². The predicted molar refractivity (Wildman–Crippen MR) is 138 cm³/mol. The summed E-state index contributed by atoms with van der Waals surface area (Å²) >= 11 is 0. The molecule has 3 fully saturated rings. The number of amides is 1. The molecule has 1 amide bonds. The van der Waals surface area contributed by atoms with Gasteiger partial charge in [0.05, 0.1) is 5.56 Å². The summed E-state index contributed by atoms with van der Waals surface area (Å²) in [6.07, 6.45) is 3.00. The molecule has 0 aromatic heterocycles. The van der Waals surface area contributed by atoms with Crippen LogP contribution < -0.4 is 4.90 Å². The second-order valence-electron chi connectivity index (χ2n) is 11.1. The van der Waals surface area contributed by atoms with Crippen LogP contribution in [0.3, 0.4) is 0 Å². The van der Waals surface area contributed by atoms with Crippen LogP contribution in [0.2, 0.25) is 0 Å². The van der Waals surface area contributed by atoms with Gasteiger partial charge in [-0.25, -0.2) is 0 Å². The van der Waals surface area contributed by atoms with Gasteiger partial charge in [0.25, 0.3) is 0 Å². The first kappa shape index (κ1) is 27.2. The molecule has 36 heavy (non-hydrogen) atoms. The van der Waals surface area contributed by atoms with Crippen molar-refractivity contribution >= 4 is 11.6 Å². The number of halogens is 3. The number of rotatable bonds is 6. The smallest absolute Gasteiger partial charge is 0.369 e. The third-order valence-electron chi connectivity index (χ3n) is 8.47. The number of alkyl halides is 3. The van der Waals surface area contributed by atoms with E-state index in [1.807, 2.05) is 0 Å². The van der Waals surface area contributed by atoms with Crippen LogP contribution in [0.25, 0.3) is 0 Å². The van der Waals surface area contributed by atoms with Crippen LogP contribution in [0, 0.1) is 5.92 Å². The maximum Gasteiger partial charge on any atom is 0.416 e. The molecule has 0 radical (unpaired) electrons. The number of carbonyl (C=O) groups is 1. The van der Waals surface area contributed by atoms with Gasteiger partial charge in [-0.1, -0.05) is 18.9 Å². The molecule has 0 spiro atoms. The van der Waals surface area contributed by atoms with E-state index in [4.69, 9.17) is 0 Å². The molecule has 0 saturated carbocycles. The maximum absolute atomic E-state index is 13.2. The minimum Gasteiger partial charge on any atom is -0.369 e. The number of anilines is 1. The van der Waals surface area contributed by atoms with Gasteiger partial charge in [0.15, 0.2) is 0 Å². The van der Waals surface area contributed by atoms with Gasteiger partial charge in [-0.3, -0.25) is 9.69 Å². The van der Waals surface area contributed by atoms with Crippen LogP contribution in [0.1, 0.15) is 64.4 Å². The van der Waals surface area contributed by atoms with E-state index in [1.165, 1.54) is 25.0 Å². The molecule has 0 unspecified atom stereocenters. The molecule has 0 bridgehead atoms. The topological polar surface area (TPSA) is 30.0 Å². The molecule has 5 nitrogen and oxygen atoms in total. The molecule has 1 aromatic rings. The van der Waals surface area contributed by atoms with Crippen molar-refractivity contribution in [3.8, 4) is 0 Å². The van der Waals surface area contributed by atoms with E-state index in [0.717, 1.165) is 84.1 Å². The summed E-state index contributed by atoms with van der Waals surface area (Å²) in [5.41, 5.74) is 0.0660. The van der Waals surface area contributed by atoms with Gasteiger partial charge in [-0.2, -0.15) is 13.2 Å². The van der Waals surface area contributed by atoms with E-state index in [0.29, 0.717) is 36.0 Å². The molecule has 3 aliphatic rings. The average Bonchev–Trinajstić information content (AvgIpc) is 3.17. The second-order valence-corrected chi connectivity index (χ2v) is 11.1. The van der Waals surface area contributed by atoms with Gasteiger partial charge >= 0.3 is 6.18 Å². The zero-order valence-electron chi connectivity index (χ0n) is 22.0. The van der Waals surface area contributed by atoms with Crippen molar-refractivity contribution in [2.75, 3.05) is 57.3 Å². The molecule has 2 atom stereocenters. The molecular weight excluding hydrogens is 465 g/mol. The zero-order chi connectivity index (χ0) is 25.7. The van der Waals surface area contributed by atoms with Crippen molar-refractivity contribution in [3.05, 3.63) is 29.8 Å². The van der Waals surface area contributed by atoms with Crippen LogP contribution >= 0.6 is 0 Å². The standard InChI is InChI=1S/C28H43F3N4O/c1-22(2)35-15-12-26(23(21-35)10-11-27(36)34-13-5-3-4-6-14-34)33-18-16-32(17-19-33)25-9-7-8-24(20-25)28(29,30)31/h7-9,20,22-23,26H,3-6,10-19,21H2,1-2H3/t23-,26+/m1/s1. The summed E-state index contributed by atoms with van der Waals surface area (Å²) in [5.74, 6) is 0.754. The summed E-state index contributed by atoms with van der Waals surface area (Å²) in [5, 5.41) is 0. The fourth-order valence-electron chi connectivity index (χ4n) is 6.26. The molecule has 3 aliphatic heterocycles. The van der Waals surface area contributed by atoms with Crippen LogP contribution in [-0.4, -0.2) is 85.0 Å². The Kier molecular flexibility index (Phi) is 9.20. The molecule has 0 aliphatic carbocycles. The van der Waals surface area contributed by atoms with Crippen molar-refractivity contribution in [2.45, 2.75) is 77.1 Å². The van der Waals surface area contributed by atoms with E-state index < -0.39 is 11.7 Å². The van der Waals surface area contributed by atoms with Gasteiger partial charge in [-0.15, -0.1) is 0 Å². The first-order chi connectivity index (χ1) is 17.2. The van der Waals surface area contributed by atoms with Crippen LogP contribution in [0.5, 0.6) is 0 Å². The average molecular weight is 509 g/mol. The van der Waals surface area contributed by atoms with E-state index in [1.54, 1.807) is 6.07 Å². The Balaban J connectivity index is 1.36. The van der Waals surface area contributed by atoms with Gasteiger partial charge in [0, 0.05) is 70.0 Å². The number of likely N-dealkylation sites (tertiary alicyclic amines) is 2. The molecule has 202 valence electrons. The van der Waals surface area contributed by atoms with Crippen molar-refractivity contribution in [2.24, 2.45) is 5.92 Å². The summed E-state index contributed by atoms with van der Waals surface area (Å²) in [4.78, 5) is 22.2. The fraction of sp³-hybridized carbons (Fsp3) is 0.750. The summed E-state index contributed by atoms with van der Waals surface area (Å²) in [6.45, 7) is 11.5. The number of hydrogen-bond donors (Lipinski definition) is 0. The zero-order valence-corrected chi connectivity index (χ0v) is 22.0. The van der Waals surface area contributed by atoms with E-state index in [9.17, 15) is 18.0 Å². The minimum absolute atomic E-state index is 0.312. The SMILES string of the molecule is CC(C)N1CC[C@H](N2CCN(c3cccc(C(F)(F)F)c3)CC2)[C@H](CCC(=O)N2CCCCCC2)C1. The Morgan fingerprint density at radius 1 is 0.972 bits per heavy atom. The van der Waals surface area contributed by atoms with Crippen molar-refractivity contribution in [1.82, 2.24) is 14.7 Å². The minimum atomic E-state index is -4.32. The largest absolute Gasteiger partial charge is 0.416 e. The van der Waals surface area contributed by atoms with E-state index in [-0.39, 0.29) is 0 Å². The number of piperazine rings is 1. The molecule has 3 saturated heterocycles. The number of nitrogens with zero attached hydrogens (tertiary/aromatic N) is 4. The Morgan fingerprint density at radius 3 is 2.31 bits per heavy atom. The number of carbonyl (C=O) groups excluding carboxylic acids is 1. The lowest BCUT2D eigenvalue weighted by atomic mass is 9.86. The molecule has 1 aromatic carbocycles. The van der Waals surface area contributed by atoms with E-state index >= 15 is 0 Å². The van der Waals surface area contributed by atoms with Crippen LogP contribution in [0.4, 0.5) is 18.9 Å². The third-order valence-corrected chi connectivity index (χ3v) is 8.47. The highest BCUT2D eigenvalue weighted by atomic mass is 19.4. The summed E-state index contributed by atoms with van der Waals surface area (Å²) in [7, 11) is 0. The molecular formula is C28H43F3N4O. The highest BCUT2D eigenvalue weighted by Gasteiger charge is 2.36. The monoisotopic (exact) mass is 508 g/mol. The Bertz CT molecular complexity index is 845. The summed E-state index contributed by atoms with van der Waals surface area (Å²) in [6, 6.07) is 6.62. The lowest BCUT2D eigenvalue weighted by Gasteiger charge is -2.48. The predicted octanol–water partition coefficient (Wildman–Crippen LogP) is 5.11. The van der Waals surface area contributed by atoms with Crippen molar-refractivity contribution in [3.63, 3.8) is 0 Å². The lowest BCUT2D eigenvalue weighted by molar-refractivity contribution is -0.137. The molecule has 4 rings (SSSR count). The lowest BCUT2D eigenvalue weighted by Crippen LogP contribution is -2.57. The second kappa shape index (κ2) is 12.2. The summed E-state index contributed by atoms with van der Waals surface area (Å²) < 4.78 is 39.5. The quantitative estimate of drug-likeness (QED) is 0.534. The number of piperidine rings is 1. The Morgan fingerprint density at radius 2 is 1.67 bits per heavy atom. The van der Waals surface area contributed by atoms with Crippen LogP contribution in [-0.2, 0) is 11.0 Å². The number of benzene rings is 1. The Labute approximate surface area is 214 Å². The first-order valence-electron chi connectivity index (χ1n) is 13.9. The highest BCUT2D eigenvalue weighted by molar-refractivity contribution is 5.76. The van der Waals surface area contributed by atoms with E-state index in [2.05, 4.69) is 33.4 Å². The van der Waals surface area contributed by atoms with Gasteiger partial charge < -0.3 is 14.7 Å².